The minimum atomic E-state index is -0.149. The Balaban J connectivity index is 1.52. The van der Waals surface area contributed by atoms with Crippen LogP contribution in [0, 0.1) is 0 Å². The van der Waals surface area contributed by atoms with Crippen molar-refractivity contribution in [2.45, 2.75) is 5.75 Å². The summed E-state index contributed by atoms with van der Waals surface area (Å²) in [4.78, 5) is 16.6. The van der Waals surface area contributed by atoms with Crippen molar-refractivity contribution in [2.75, 3.05) is 25.3 Å². The maximum atomic E-state index is 12.2. The lowest BCUT2D eigenvalue weighted by Crippen LogP contribution is -2.14. The molecule has 6 nitrogen and oxygen atoms in total. The topological polar surface area (TPSA) is 73.6 Å². The maximum absolute atomic E-state index is 12.2. The molecule has 0 saturated carbocycles. The summed E-state index contributed by atoms with van der Waals surface area (Å²) >= 11 is 7.41. The second-order valence-electron chi connectivity index (χ2n) is 5.76. The van der Waals surface area contributed by atoms with Gasteiger partial charge in [0.05, 0.1) is 31.4 Å². The molecule has 3 aromatic rings. The van der Waals surface area contributed by atoms with E-state index < -0.39 is 0 Å². The first-order valence-electron chi connectivity index (χ1n) is 8.39. The highest BCUT2D eigenvalue weighted by molar-refractivity contribution is 7.99. The molecular formula is C20H19ClN2O4S. The molecule has 0 spiro atoms. The SMILES string of the molecule is COc1ccc(-c2nc(CSCC(=O)Nc3cc(Cl)ccc3OC)co2)cc1. The van der Waals surface area contributed by atoms with Crippen LogP contribution < -0.4 is 14.8 Å². The van der Waals surface area contributed by atoms with E-state index in [1.807, 2.05) is 24.3 Å². The average molecular weight is 419 g/mol. The zero-order chi connectivity index (χ0) is 19.9. The smallest absolute Gasteiger partial charge is 0.234 e. The number of rotatable bonds is 8. The monoisotopic (exact) mass is 418 g/mol. The van der Waals surface area contributed by atoms with Gasteiger partial charge in [-0.1, -0.05) is 11.6 Å². The molecule has 1 heterocycles. The second kappa shape index (κ2) is 9.52. The van der Waals surface area contributed by atoms with Crippen LogP contribution in [-0.4, -0.2) is 30.9 Å². The number of halogens is 1. The predicted octanol–water partition coefficient (Wildman–Crippen LogP) is 4.88. The number of thioether (sulfide) groups is 1. The van der Waals surface area contributed by atoms with Gasteiger partial charge in [-0.2, -0.15) is 0 Å². The number of hydrogen-bond donors (Lipinski definition) is 1. The molecule has 0 fully saturated rings. The molecule has 0 aliphatic heterocycles. The number of oxazole rings is 1. The first-order chi connectivity index (χ1) is 13.6. The molecule has 1 amide bonds. The summed E-state index contributed by atoms with van der Waals surface area (Å²) in [6.45, 7) is 0. The van der Waals surface area contributed by atoms with Crippen LogP contribution >= 0.6 is 23.4 Å². The zero-order valence-electron chi connectivity index (χ0n) is 15.4. The Labute approximate surface area is 172 Å². The van der Waals surface area contributed by atoms with Crippen molar-refractivity contribution < 1.29 is 18.7 Å². The fourth-order valence-electron chi connectivity index (χ4n) is 2.45. The Bertz CT molecular complexity index is 944. The number of ether oxygens (including phenoxy) is 2. The Morgan fingerprint density at radius 1 is 1.18 bits per heavy atom. The summed E-state index contributed by atoms with van der Waals surface area (Å²) in [6.07, 6.45) is 1.60. The molecule has 0 saturated heterocycles. The van der Waals surface area contributed by atoms with Crippen molar-refractivity contribution in [2.24, 2.45) is 0 Å². The second-order valence-corrected chi connectivity index (χ2v) is 7.18. The van der Waals surface area contributed by atoms with Crippen molar-refractivity contribution in [3.05, 3.63) is 59.4 Å². The van der Waals surface area contributed by atoms with E-state index in [9.17, 15) is 4.79 Å². The van der Waals surface area contributed by atoms with Crippen LogP contribution in [0.5, 0.6) is 11.5 Å². The van der Waals surface area contributed by atoms with Crippen LogP contribution in [0.4, 0.5) is 5.69 Å². The molecule has 0 atom stereocenters. The van der Waals surface area contributed by atoms with Crippen LogP contribution in [0.3, 0.4) is 0 Å². The first-order valence-corrected chi connectivity index (χ1v) is 9.92. The van der Waals surface area contributed by atoms with Crippen molar-refractivity contribution in [1.29, 1.82) is 0 Å². The molecule has 0 aliphatic rings. The van der Waals surface area contributed by atoms with Gasteiger partial charge in [0.25, 0.3) is 0 Å². The van der Waals surface area contributed by atoms with Gasteiger partial charge in [0, 0.05) is 16.3 Å². The van der Waals surface area contributed by atoms with E-state index in [0.717, 1.165) is 17.0 Å². The van der Waals surface area contributed by atoms with Gasteiger partial charge in [0.2, 0.25) is 11.8 Å². The van der Waals surface area contributed by atoms with Crippen LogP contribution in [0.1, 0.15) is 5.69 Å². The maximum Gasteiger partial charge on any atom is 0.234 e. The van der Waals surface area contributed by atoms with Crippen LogP contribution in [0.2, 0.25) is 5.02 Å². The summed E-state index contributed by atoms with van der Waals surface area (Å²) < 4.78 is 15.9. The Morgan fingerprint density at radius 3 is 2.68 bits per heavy atom. The molecule has 28 heavy (non-hydrogen) atoms. The van der Waals surface area contributed by atoms with E-state index in [4.69, 9.17) is 25.5 Å². The molecule has 146 valence electrons. The molecule has 1 N–H and O–H groups in total. The van der Waals surface area contributed by atoms with Gasteiger partial charge in [-0.3, -0.25) is 4.79 Å². The Kier molecular flexibility index (Phi) is 6.84. The third-order valence-corrected chi connectivity index (χ3v) is 5.01. The minimum absolute atomic E-state index is 0.149. The van der Waals surface area contributed by atoms with E-state index in [1.54, 1.807) is 38.7 Å². The molecule has 3 rings (SSSR count). The number of anilines is 1. The van der Waals surface area contributed by atoms with Crippen molar-refractivity contribution in [3.8, 4) is 23.0 Å². The quantitative estimate of drug-likeness (QED) is 0.561. The fraction of sp³-hybridized carbons (Fsp3) is 0.200. The van der Waals surface area contributed by atoms with Gasteiger partial charge in [-0.15, -0.1) is 11.8 Å². The van der Waals surface area contributed by atoms with E-state index >= 15 is 0 Å². The minimum Gasteiger partial charge on any atom is -0.497 e. The predicted molar refractivity (Wildman–Crippen MR) is 111 cm³/mol. The van der Waals surface area contributed by atoms with E-state index in [0.29, 0.717) is 28.1 Å². The molecule has 8 heteroatoms. The highest BCUT2D eigenvalue weighted by Gasteiger charge is 2.11. The third-order valence-electron chi connectivity index (χ3n) is 3.81. The molecular weight excluding hydrogens is 400 g/mol. The van der Waals surface area contributed by atoms with Gasteiger partial charge >= 0.3 is 0 Å². The molecule has 0 bridgehead atoms. The molecule has 1 aromatic heterocycles. The summed E-state index contributed by atoms with van der Waals surface area (Å²) in [5.74, 6) is 2.53. The largest absolute Gasteiger partial charge is 0.497 e. The zero-order valence-corrected chi connectivity index (χ0v) is 17.0. The number of carbonyl (C=O) groups is 1. The standard InChI is InChI=1S/C20H19ClN2O4S/c1-25-16-6-3-13(4-7-16)20-22-15(10-27-20)11-28-12-19(24)23-17-9-14(21)5-8-18(17)26-2/h3-10H,11-12H2,1-2H3,(H,23,24). The number of methoxy groups -OCH3 is 2. The fourth-order valence-corrected chi connectivity index (χ4v) is 3.33. The lowest BCUT2D eigenvalue weighted by molar-refractivity contribution is -0.113. The number of nitrogens with one attached hydrogen (secondary N) is 1. The summed E-state index contributed by atoms with van der Waals surface area (Å²) in [7, 11) is 3.16. The van der Waals surface area contributed by atoms with Gasteiger partial charge in [0.1, 0.15) is 17.8 Å². The molecule has 0 radical (unpaired) electrons. The number of benzene rings is 2. The number of hydrogen-bond acceptors (Lipinski definition) is 6. The summed E-state index contributed by atoms with van der Waals surface area (Å²) in [6, 6.07) is 12.5. The van der Waals surface area contributed by atoms with Gasteiger partial charge in [-0.25, -0.2) is 4.98 Å². The van der Waals surface area contributed by atoms with Gasteiger partial charge in [0.15, 0.2) is 0 Å². The summed E-state index contributed by atoms with van der Waals surface area (Å²) in [5.41, 5.74) is 2.18. The molecule has 0 unspecified atom stereocenters. The van der Waals surface area contributed by atoms with E-state index in [-0.39, 0.29) is 11.7 Å². The average Bonchev–Trinajstić information content (AvgIpc) is 3.17. The highest BCUT2D eigenvalue weighted by Crippen LogP contribution is 2.28. The van der Waals surface area contributed by atoms with Gasteiger partial charge in [-0.05, 0) is 42.5 Å². The number of carbonyl (C=O) groups excluding carboxylic acids is 1. The van der Waals surface area contributed by atoms with Crippen molar-refractivity contribution >= 4 is 35.0 Å². The van der Waals surface area contributed by atoms with Crippen molar-refractivity contribution in [1.82, 2.24) is 4.98 Å². The molecule has 2 aromatic carbocycles. The number of amides is 1. The van der Waals surface area contributed by atoms with Gasteiger partial charge < -0.3 is 19.2 Å². The third kappa shape index (κ3) is 5.21. The van der Waals surface area contributed by atoms with E-state index in [2.05, 4.69) is 10.3 Å². The lowest BCUT2D eigenvalue weighted by Gasteiger charge is -2.10. The van der Waals surface area contributed by atoms with Crippen LogP contribution in [-0.2, 0) is 10.5 Å². The Morgan fingerprint density at radius 2 is 1.96 bits per heavy atom. The normalized spacial score (nSPS) is 10.5. The van der Waals surface area contributed by atoms with Crippen molar-refractivity contribution in [3.63, 3.8) is 0 Å². The lowest BCUT2D eigenvalue weighted by atomic mass is 10.2. The van der Waals surface area contributed by atoms with E-state index in [1.165, 1.54) is 11.8 Å². The highest BCUT2D eigenvalue weighted by atomic mass is 35.5. The number of aromatic nitrogens is 1. The van der Waals surface area contributed by atoms with Crippen LogP contribution in [0.25, 0.3) is 11.5 Å². The molecule has 0 aliphatic carbocycles. The Hall–Kier alpha value is -2.64. The summed E-state index contributed by atoms with van der Waals surface area (Å²) in [5, 5.41) is 3.33. The number of nitrogens with zero attached hydrogens (tertiary/aromatic N) is 1. The van der Waals surface area contributed by atoms with Crippen LogP contribution in [0.15, 0.2) is 53.1 Å². The first kappa shape index (κ1) is 20.1.